The third-order valence-electron chi connectivity index (χ3n) is 3.16. The predicted octanol–water partition coefficient (Wildman–Crippen LogP) is 3.03. The number of nitrogens with one attached hydrogen (secondary N) is 2. The lowest BCUT2D eigenvalue weighted by Crippen LogP contribution is -2.36. The fourth-order valence-electron chi connectivity index (χ4n) is 1.76. The van der Waals surface area contributed by atoms with Gasteiger partial charge in [-0.05, 0) is 30.7 Å². The Labute approximate surface area is 97.2 Å². The van der Waals surface area contributed by atoms with E-state index >= 15 is 0 Å². The van der Waals surface area contributed by atoms with E-state index in [-0.39, 0.29) is 0 Å². The van der Waals surface area contributed by atoms with Gasteiger partial charge >= 0.3 is 0 Å². The molecule has 0 saturated heterocycles. The second-order valence-corrected chi connectivity index (χ2v) is 5.19. The van der Waals surface area contributed by atoms with E-state index in [2.05, 4.69) is 36.5 Å². The van der Waals surface area contributed by atoms with Gasteiger partial charge in [-0.3, -0.25) is 0 Å². The summed E-state index contributed by atoms with van der Waals surface area (Å²) in [7, 11) is 0. The van der Waals surface area contributed by atoms with Crippen LogP contribution in [0, 0.1) is 0 Å². The first kappa shape index (κ1) is 12.7. The standard InChI is InChI=1S/C12H22N2S/c1-4-12(5-2,15-3)10-14-9-11-6-7-13-8-11/h6-8,13-14H,4-5,9-10H2,1-3H3. The molecule has 0 amide bonds. The molecule has 0 atom stereocenters. The number of hydrogen-bond donors (Lipinski definition) is 2. The summed E-state index contributed by atoms with van der Waals surface area (Å²) in [5.41, 5.74) is 1.33. The molecular weight excluding hydrogens is 204 g/mol. The molecule has 2 N–H and O–H groups in total. The summed E-state index contributed by atoms with van der Waals surface area (Å²) < 4.78 is 0.413. The first-order valence-electron chi connectivity index (χ1n) is 5.64. The number of hydrogen-bond acceptors (Lipinski definition) is 2. The van der Waals surface area contributed by atoms with Crippen LogP contribution in [0.15, 0.2) is 18.5 Å². The van der Waals surface area contributed by atoms with Gasteiger partial charge in [0.05, 0.1) is 0 Å². The van der Waals surface area contributed by atoms with Crippen LogP contribution in [0.3, 0.4) is 0 Å². The highest BCUT2D eigenvalue weighted by molar-refractivity contribution is 8.00. The Balaban J connectivity index is 2.34. The van der Waals surface area contributed by atoms with Gasteiger partial charge in [0.25, 0.3) is 0 Å². The van der Waals surface area contributed by atoms with Gasteiger partial charge in [-0.2, -0.15) is 11.8 Å². The molecule has 3 heteroatoms. The fourth-order valence-corrected chi connectivity index (χ4v) is 2.59. The molecule has 0 radical (unpaired) electrons. The van der Waals surface area contributed by atoms with Crippen LogP contribution >= 0.6 is 11.8 Å². The lowest BCUT2D eigenvalue weighted by molar-refractivity contribution is 0.495. The number of aromatic amines is 1. The topological polar surface area (TPSA) is 27.8 Å². The molecular formula is C12H22N2S. The molecule has 0 saturated carbocycles. The Morgan fingerprint density at radius 3 is 2.60 bits per heavy atom. The van der Waals surface area contributed by atoms with Crippen molar-refractivity contribution >= 4 is 11.8 Å². The quantitative estimate of drug-likeness (QED) is 0.748. The Morgan fingerprint density at radius 2 is 2.13 bits per heavy atom. The van der Waals surface area contributed by atoms with Gasteiger partial charge in [0.15, 0.2) is 0 Å². The summed E-state index contributed by atoms with van der Waals surface area (Å²) in [6.45, 7) is 6.61. The summed E-state index contributed by atoms with van der Waals surface area (Å²) in [6, 6.07) is 2.12. The Hall–Kier alpha value is -0.410. The molecule has 0 aromatic carbocycles. The fraction of sp³-hybridized carbons (Fsp3) is 0.667. The zero-order chi connectivity index (χ0) is 11.1. The lowest BCUT2D eigenvalue weighted by Gasteiger charge is -2.29. The predicted molar refractivity (Wildman–Crippen MR) is 69.3 cm³/mol. The van der Waals surface area contributed by atoms with E-state index in [0.717, 1.165) is 13.1 Å². The van der Waals surface area contributed by atoms with Crippen molar-refractivity contribution in [2.75, 3.05) is 12.8 Å². The molecule has 86 valence electrons. The molecule has 2 nitrogen and oxygen atoms in total. The van der Waals surface area contributed by atoms with Gasteiger partial charge in [-0.25, -0.2) is 0 Å². The Bertz CT molecular complexity index is 244. The normalized spacial score (nSPS) is 11.9. The third-order valence-corrected chi connectivity index (χ3v) is 4.75. The van der Waals surface area contributed by atoms with Crippen molar-refractivity contribution in [2.24, 2.45) is 0 Å². The summed E-state index contributed by atoms with van der Waals surface area (Å²) >= 11 is 1.98. The van der Waals surface area contributed by atoms with E-state index in [4.69, 9.17) is 0 Å². The van der Waals surface area contributed by atoms with Crippen molar-refractivity contribution in [3.63, 3.8) is 0 Å². The maximum atomic E-state index is 3.54. The monoisotopic (exact) mass is 226 g/mol. The SMILES string of the molecule is CCC(CC)(CNCc1cc[nH]c1)SC. The second-order valence-electron chi connectivity index (χ2n) is 3.92. The highest BCUT2D eigenvalue weighted by Crippen LogP contribution is 2.29. The van der Waals surface area contributed by atoms with Crippen molar-refractivity contribution in [2.45, 2.75) is 38.0 Å². The van der Waals surface area contributed by atoms with Gasteiger partial charge in [0, 0.05) is 30.2 Å². The van der Waals surface area contributed by atoms with Gasteiger partial charge in [0.1, 0.15) is 0 Å². The van der Waals surface area contributed by atoms with Crippen molar-refractivity contribution < 1.29 is 0 Å². The lowest BCUT2D eigenvalue weighted by atomic mass is 10.0. The van der Waals surface area contributed by atoms with Crippen LogP contribution in [0.4, 0.5) is 0 Å². The molecule has 1 aromatic heterocycles. The van der Waals surface area contributed by atoms with Crippen molar-refractivity contribution in [1.29, 1.82) is 0 Å². The Kier molecular flexibility index (Phi) is 5.26. The van der Waals surface area contributed by atoms with Gasteiger partial charge in [-0.15, -0.1) is 0 Å². The molecule has 1 aromatic rings. The zero-order valence-corrected chi connectivity index (χ0v) is 10.8. The summed E-state index contributed by atoms with van der Waals surface area (Å²) in [5.74, 6) is 0. The number of H-pyrrole nitrogens is 1. The van der Waals surface area contributed by atoms with E-state index in [1.165, 1.54) is 18.4 Å². The van der Waals surface area contributed by atoms with Crippen molar-refractivity contribution in [3.8, 4) is 0 Å². The maximum absolute atomic E-state index is 3.54. The molecule has 0 bridgehead atoms. The molecule has 0 aliphatic carbocycles. The average Bonchev–Trinajstić information content (AvgIpc) is 2.78. The van der Waals surface area contributed by atoms with Crippen molar-refractivity contribution in [1.82, 2.24) is 10.3 Å². The maximum Gasteiger partial charge on any atom is 0.0276 e. The molecule has 0 spiro atoms. The highest BCUT2D eigenvalue weighted by Gasteiger charge is 2.23. The van der Waals surface area contributed by atoms with E-state index < -0.39 is 0 Å². The summed E-state index contributed by atoms with van der Waals surface area (Å²) in [5, 5.41) is 3.54. The minimum absolute atomic E-state index is 0.413. The van der Waals surface area contributed by atoms with E-state index in [1.54, 1.807) is 0 Å². The molecule has 0 aliphatic rings. The Morgan fingerprint density at radius 1 is 1.40 bits per heavy atom. The second kappa shape index (κ2) is 6.23. The van der Waals surface area contributed by atoms with Crippen LogP contribution in [-0.2, 0) is 6.54 Å². The number of thioether (sulfide) groups is 1. The van der Waals surface area contributed by atoms with Gasteiger partial charge in [-0.1, -0.05) is 13.8 Å². The molecule has 0 unspecified atom stereocenters. The van der Waals surface area contributed by atoms with Crippen LogP contribution in [0.5, 0.6) is 0 Å². The molecule has 15 heavy (non-hydrogen) atoms. The third kappa shape index (κ3) is 3.58. The van der Waals surface area contributed by atoms with Gasteiger partial charge < -0.3 is 10.3 Å². The minimum atomic E-state index is 0.413. The van der Waals surface area contributed by atoms with Crippen LogP contribution in [0.25, 0.3) is 0 Å². The first-order chi connectivity index (χ1) is 7.26. The molecule has 0 aliphatic heterocycles. The zero-order valence-electron chi connectivity index (χ0n) is 9.97. The first-order valence-corrected chi connectivity index (χ1v) is 6.86. The largest absolute Gasteiger partial charge is 0.367 e. The average molecular weight is 226 g/mol. The summed E-state index contributed by atoms with van der Waals surface area (Å²) in [4.78, 5) is 3.07. The molecule has 1 rings (SSSR count). The van der Waals surface area contributed by atoms with E-state index in [9.17, 15) is 0 Å². The smallest absolute Gasteiger partial charge is 0.0276 e. The summed E-state index contributed by atoms with van der Waals surface area (Å²) in [6.07, 6.45) is 8.69. The highest BCUT2D eigenvalue weighted by atomic mass is 32.2. The van der Waals surface area contributed by atoms with Gasteiger partial charge in [0.2, 0.25) is 0 Å². The molecule has 1 heterocycles. The minimum Gasteiger partial charge on any atom is -0.367 e. The van der Waals surface area contributed by atoms with Crippen LogP contribution < -0.4 is 5.32 Å². The molecule has 0 fully saturated rings. The van der Waals surface area contributed by atoms with Crippen LogP contribution in [0.2, 0.25) is 0 Å². The number of aromatic nitrogens is 1. The van der Waals surface area contributed by atoms with E-state index in [1.807, 2.05) is 24.2 Å². The number of rotatable bonds is 7. The van der Waals surface area contributed by atoms with Crippen molar-refractivity contribution in [3.05, 3.63) is 24.0 Å². The van der Waals surface area contributed by atoms with Crippen LogP contribution in [-0.4, -0.2) is 22.5 Å². The van der Waals surface area contributed by atoms with Crippen LogP contribution in [0.1, 0.15) is 32.3 Å². The van der Waals surface area contributed by atoms with E-state index in [0.29, 0.717) is 4.75 Å².